The Labute approximate surface area is 134 Å². The Bertz CT molecular complexity index is 648. The van der Waals surface area contributed by atoms with Crippen LogP contribution in [0.5, 0.6) is 5.75 Å². The largest absolute Gasteiger partial charge is 0.484 e. The third-order valence-electron chi connectivity index (χ3n) is 3.72. The van der Waals surface area contributed by atoms with Gasteiger partial charge in [0.15, 0.2) is 12.4 Å². The van der Waals surface area contributed by atoms with Gasteiger partial charge >= 0.3 is 0 Å². The summed E-state index contributed by atoms with van der Waals surface area (Å²) in [6.07, 6.45) is 1.98. The number of piperidine rings is 1. The number of aryl methyl sites for hydroxylation is 1. The molecule has 0 radical (unpaired) electrons. The number of rotatable bonds is 5. The van der Waals surface area contributed by atoms with E-state index in [2.05, 4.69) is 20.8 Å². The van der Waals surface area contributed by atoms with Crippen molar-refractivity contribution in [3.05, 3.63) is 36.0 Å². The Morgan fingerprint density at radius 2 is 2.26 bits per heavy atom. The van der Waals surface area contributed by atoms with Crippen molar-refractivity contribution in [3.8, 4) is 5.75 Å². The minimum Gasteiger partial charge on any atom is -0.484 e. The van der Waals surface area contributed by atoms with Gasteiger partial charge in [-0.05, 0) is 50.6 Å². The molecule has 0 bridgehead atoms. The van der Waals surface area contributed by atoms with E-state index in [-0.39, 0.29) is 18.4 Å². The Morgan fingerprint density at radius 3 is 2.91 bits per heavy atom. The summed E-state index contributed by atoms with van der Waals surface area (Å²) in [6.45, 7) is 3.72. The van der Waals surface area contributed by atoms with Crippen molar-refractivity contribution >= 4 is 11.6 Å². The second-order valence-electron chi connectivity index (χ2n) is 5.58. The van der Waals surface area contributed by atoms with Crippen molar-refractivity contribution in [2.75, 3.05) is 18.4 Å². The molecule has 1 amide bonds. The highest BCUT2D eigenvalue weighted by atomic mass is 16.5. The molecule has 1 atom stereocenters. The highest BCUT2D eigenvalue weighted by molar-refractivity contribution is 5.92. The zero-order chi connectivity index (χ0) is 16.1. The molecule has 2 aromatic rings. The first-order valence-corrected chi connectivity index (χ1v) is 7.74. The van der Waals surface area contributed by atoms with E-state index in [1.807, 2.05) is 12.1 Å². The van der Waals surface area contributed by atoms with Crippen LogP contribution in [0.25, 0.3) is 0 Å². The highest BCUT2D eigenvalue weighted by Gasteiger charge is 2.20. The third kappa shape index (κ3) is 4.29. The van der Waals surface area contributed by atoms with Crippen molar-refractivity contribution in [3.63, 3.8) is 0 Å². The van der Waals surface area contributed by atoms with Crippen LogP contribution in [0.15, 0.2) is 28.8 Å². The maximum atomic E-state index is 12.2. The molecule has 0 spiro atoms. The van der Waals surface area contributed by atoms with E-state index in [0.717, 1.165) is 31.6 Å². The topological polar surface area (TPSA) is 89.3 Å². The van der Waals surface area contributed by atoms with Crippen molar-refractivity contribution < 1.29 is 14.1 Å². The third-order valence-corrected chi connectivity index (χ3v) is 3.72. The van der Waals surface area contributed by atoms with Gasteiger partial charge in [-0.15, -0.1) is 0 Å². The first kappa shape index (κ1) is 15.5. The average molecular weight is 316 g/mol. The van der Waals surface area contributed by atoms with Crippen LogP contribution in [-0.2, 0) is 11.4 Å². The fourth-order valence-corrected chi connectivity index (χ4v) is 2.50. The molecule has 7 heteroatoms. The molecule has 1 aliphatic heterocycles. The van der Waals surface area contributed by atoms with Gasteiger partial charge in [-0.2, -0.15) is 4.98 Å². The van der Waals surface area contributed by atoms with Crippen LogP contribution in [0.4, 0.5) is 5.69 Å². The number of hydrogen-bond acceptors (Lipinski definition) is 6. The van der Waals surface area contributed by atoms with Crippen molar-refractivity contribution in [2.45, 2.75) is 26.4 Å². The van der Waals surface area contributed by atoms with Gasteiger partial charge in [0.2, 0.25) is 5.91 Å². The quantitative estimate of drug-likeness (QED) is 0.875. The van der Waals surface area contributed by atoms with Gasteiger partial charge in [-0.3, -0.25) is 4.79 Å². The number of ether oxygens (including phenoxy) is 1. The van der Waals surface area contributed by atoms with E-state index in [1.165, 1.54) is 0 Å². The van der Waals surface area contributed by atoms with Crippen LogP contribution in [0, 0.1) is 12.8 Å². The standard InChI is InChI=1S/C16H20N4O3/c1-11-18-15(23-20-11)10-22-14-6-4-13(5-7-14)19-16(21)12-3-2-8-17-9-12/h4-7,12,17H,2-3,8-10H2,1H3,(H,19,21). The highest BCUT2D eigenvalue weighted by Crippen LogP contribution is 2.19. The summed E-state index contributed by atoms with van der Waals surface area (Å²) in [6, 6.07) is 7.25. The molecule has 1 saturated heterocycles. The van der Waals surface area contributed by atoms with E-state index >= 15 is 0 Å². The predicted molar refractivity (Wildman–Crippen MR) is 84.0 cm³/mol. The molecular weight excluding hydrogens is 296 g/mol. The Morgan fingerprint density at radius 1 is 1.43 bits per heavy atom. The molecule has 2 N–H and O–H groups in total. The van der Waals surface area contributed by atoms with E-state index in [9.17, 15) is 4.79 Å². The number of nitrogens with one attached hydrogen (secondary N) is 2. The minimum absolute atomic E-state index is 0.0421. The number of aromatic nitrogens is 2. The lowest BCUT2D eigenvalue weighted by Gasteiger charge is -2.21. The van der Waals surface area contributed by atoms with E-state index in [0.29, 0.717) is 17.5 Å². The fraction of sp³-hybridized carbons (Fsp3) is 0.438. The first-order valence-electron chi connectivity index (χ1n) is 7.74. The zero-order valence-corrected chi connectivity index (χ0v) is 13.0. The van der Waals surface area contributed by atoms with Crippen LogP contribution in [0.3, 0.4) is 0 Å². The van der Waals surface area contributed by atoms with Crippen LogP contribution in [0.2, 0.25) is 0 Å². The summed E-state index contributed by atoms with van der Waals surface area (Å²) in [5, 5.41) is 9.89. The molecule has 122 valence electrons. The molecule has 1 aliphatic rings. The summed E-state index contributed by atoms with van der Waals surface area (Å²) in [5.41, 5.74) is 0.765. The number of anilines is 1. The molecular formula is C16H20N4O3. The van der Waals surface area contributed by atoms with Gasteiger partial charge in [0, 0.05) is 12.2 Å². The lowest BCUT2D eigenvalue weighted by Crippen LogP contribution is -2.37. The van der Waals surface area contributed by atoms with Crippen LogP contribution < -0.4 is 15.4 Å². The maximum absolute atomic E-state index is 12.2. The molecule has 1 aromatic carbocycles. The van der Waals surface area contributed by atoms with Gasteiger partial charge in [-0.25, -0.2) is 0 Å². The maximum Gasteiger partial charge on any atom is 0.264 e. The molecule has 23 heavy (non-hydrogen) atoms. The first-order chi connectivity index (χ1) is 11.2. The Kier molecular flexibility index (Phi) is 4.87. The molecule has 1 unspecified atom stereocenters. The van der Waals surface area contributed by atoms with E-state index < -0.39 is 0 Å². The Hall–Kier alpha value is -2.41. The number of carbonyl (C=O) groups excluding carboxylic acids is 1. The van der Waals surface area contributed by atoms with Crippen molar-refractivity contribution in [2.24, 2.45) is 5.92 Å². The van der Waals surface area contributed by atoms with Crippen LogP contribution in [0.1, 0.15) is 24.6 Å². The molecule has 7 nitrogen and oxygen atoms in total. The smallest absolute Gasteiger partial charge is 0.264 e. The normalized spacial score (nSPS) is 17.7. The van der Waals surface area contributed by atoms with Gasteiger partial charge < -0.3 is 19.9 Å². The van der Waals surface area contributed by atoms with Crippen LogP contribution >= 0.6 is 0 Å². The molecule has 0 saturated carbocycles. The SMILES string of the molecule is Cc1noc(COc2ccc(NC(=O)C3CCCNC3)cc2)n1. The summed E-state index contributed by atoms with van der Waals surface area (Å²) >= 11 is 0. The lowest BCUT2D eigenvalue weighted by molar-refractivity contribution is -0.120. The van der Waals surface area contributed by atoms with Gasteiger partial charge in [0.25, 0.3) is 5.89 Å². The predicted octanol–water partition coefficient (Wildman–Crippen LogP) is 1.90. The van der Waals surface area contributed by atoms with E-state index in [1.54, 1.807) is 19.1 Å². The van der Waals surface area contributed by atoms with Crippen molar-refractivity contribution in [1.82, 2.24) is 15.5 Å². The van der Waals surface area contributed by atoms with Crippen molar-refractivity contribution in [1.29, 1.82) is 0 Å². The number of carbonyl (C=O) groups is 1. The van der Waals surface area contributed by atoms with Gasteiger partial charge in [0.05, 0.1) is 5.92 Å². The van der Waals surface area contributed by atoms with E-state index in [4.69, 9.17) is 9.26 Å². The molecule has 3 rings (SSSR count). The summed E-state index contributed by atoms with van der Waals surface area (Å²) in [7, 11) is 0. The number of amides is 1. The second-order valence-corrected chi connectivity index (χ2v) is 5.58. The number of nitrogens with zero attached hydrogens (tertiary/aromatic N) is 2. The molecule has 1 fully saturated rings. The second kappa shape index (κ2) is 7.23. The number of hydrogen-bond donors (Lipinski definition) is 2. The van der Waals surface area contributed by atoms with Gasteiger partial charge in [0.1, 0.15) is 5.75 Å². The minimum atomic E-state index is 0.0421. The summed E-state index contributed by atoms with van der Waals surface area (Å²) in [5.74, 6) is 1.80. The summed E-state index contributed by atoms with van der Waals surface area (Å²) < 4.78 is 10.5. The Balaban J connectivity index is 1.51. The monoisotopic (exact) mass is 316 g/mol. The average Bonchev–Trinajstić information content (AvgIpc) is 3.00. The lowest BCUT2D eigenvalue weighted by atomic mass is 9.99. The molecule has 1 aromatic heterocycles. The summed E-state index contributed by atoms with van der Waals surface area (Å²) in [4.78, 5) is 16.2. The zero-order valence-electron chi connectivity index (χ0n) is 13.0. The fourth-order valence-electron chi connectivity index (χ4n) is 2.50. The van der Waals surface area contributed by atoms with Crippen LogP contribution in [-0.4, -0.2) is 29.1 Å². The number of benzene rings is 1. The molecule has 0 aliphatic carbocycles. The molecule has 2 heterocycles. The van der Waals surface area contributed by atoms with Gasteiger partial charge in [-0.1, -0.05) is 5.16 Å².